The van der Waals surface area contributed by atoms with Gasteiger partial charge in [-0.25, -0.2) is 0 Å². The van der Waals surface area contributed by atoms with Crippen molar-refractivity contribution in [3.05, 3.63) is 35.4 Å². The van der Waals surface area contributed by atoms with Gasteiger partial charge in [0.25, 0.3) is 11.8 Å². The molecule has 1 atom stereocenters. The summed E-state index contributed by atoms with van der Waals surface area (Å²) in [5.41, 5.74) is 1.54. The number of likely N-dealkylation sites (tertiary alicyclic amines) is 1. The maximum Gasteiger partial charge on any atom is 0.272 e. The van der Waals surface area contributed by atoms with Gasteiger partial charge in [-0.1, -0.05) is 6.92 Å². The van der Waals surface area contributed by atoms with Crippen molar-refractivity contribution >= 4 is 11.8 Å². The molecule has 0 spiro atoms. The van der Waals surface area contributed by atoms with Gasteiger partial charge in [-0.3, -0.25) is 19.4 Å². The van der Waals surface area contributed by atoms with Crippen molar-refractivity contribution in [2.75, 3.05) is 20.1 Å². The third-order valence-corrected chi connectivity index (χ3v) is 4.74. The van der Waals surface area contributed by atoms with E-state index in [1.54, 1.807) is 37.2 Å². The van der Waals surface area contributed by atoms with Crippen LogP contribution in [-0.4, -0.2) is 56.8 Å². The first-order valence-corrected chi connectivity index (χ1v) is 7.99. The second kappa shape index (κ2) is 6.10. The maximum absolute atomic E-state index is 12.8. The van der Waals surface area contributed by atoms with Crippen LogP contribution >= 0.6 is 0 Å². The molecular weight excluding hydrogens is 308 g/mol. The largest absolute Gasteiger partial charge is 0.355 e. The molecule has 24 heavy (non-hydrogen) atoms. The van der Waals surface area contributed by atoms with Gasteiger partial charge >= 0.3 is 0 Å². The maximum atomic E-state index is 12.8. The fraction of sp³-hybridized carbons (Fsp3) is 0.500. The third kappa shape index (κ3) is 2.68. The van der Waals surface area contributed by atoms with Crippen LogP contribution < -0.4 is 5.32 Å². The second-order valence-corrected chi connectivity index (χ2v) is 6.47. The Kier molecular flexibility index (Phi) is 4.13. The highest BCUT2D eigenvalue weighted by atomic mass is 16.2. The molecule has 2 aromatic rings. The molecule has 1 aliphatic rings. The molecule has 0 aliphatic carbocycles. The van der Waals surface area contributed by atoms with Crippen LogP contribution in [-0.2, 0) is 12.5 Å². The standard InChI is InChI=1S/C16H22N6O2/c1-16(13-11(9-18-20-13)14(23)17-2)6-4-8-22(10-16)15(24)12-5-7-19-21(12)3/h5,7,9H,4,6,8,10H2,1-3H3,(H,17,23)(H,18,20). The lowest BCUT2D eigenvalue weighted by molar-refractivity contribution is 0.0636. The van der Waals surface area contributed by atoms with Crippen LogP contribution in [0.25, 0.3) is 0 Å². The molecule has 1 aliphatic heterocycles. The fourth-order valence-electron chi connectivity index (χ4n) is 3.42. The summed E-state index contributed by atoms with van der Waals surface area (Å²) in [6.07, 6.45) is 4.91. The van der Waals surface area contributed by atoms with Crippen molar-refractivity contribution in [2.24, 2.45) is 7.05 Å². The topological polar surface area (TPSA) is 95.9 Å². The van der Waals surface area contributed by atoms with Gasteiger partial charge in [-0.15, -0.1) is 0 Å². The molecule has 2 amide bonds. The number of nitrogens with one attached hydrogen (secondary N) is 2. The zero-order valence-electron chi connectivity index (χ0n) is 14.2. The van der Waals surface area contributed by atoms with Crippen LogP contribution in [0, 0.1) is 0 Å². The van der Waals surface area contributed by atoms with Gasteiger partial charge in [-0.2, -0.15) is 10.2 Å². The number of aromatic amines is 1. The Hall–Kier alpha value is -2.64. The van der Waals surface area contributed by atoms with E-state index in [4.69, 9.17) is 0 Å². The normalized spacial score (nSPS) is 20.9. The second-order valence-electron chi connectivity index (χ2n) is 6.47. The Morgan fingerprint density at radius 3 is 2.88 bits per heavy atom. The molecule has 0 saturated carbocycles. The van der Waals surface area contributed by atoms with Crippen molar-refractivity contribution in [2.45, 2.75) is 25.2 Å². The Morgan fingerprint density at radius 2 is 2.21 bits per heavy atom. The molecule has 128 valence electrons. The predicted molar refractivity (Wildman–Crippen MR) is 87.7 cm³/mol. The average Bonchev–Trinajstić information content (AvgIpc) is 3.22. The molecule has 2 aromatic heterocycles. The number of aryl methyl sites for hydroxylation is 1. The van der Waals surface area contributed by atoms with Crippen LogP contribution in [0.3, 0.4) is 0 Å². The number of piperidine rings is 1. The highest BCUT2D eigenvalue weighted by Gasteiger charge is 2.39. The van der Waals surface area contributed by atoms with Gasteiger partial charge in [0.05, 0.1) is 17.5 Å². The molecule has 3 rings (SSSR count). The van der Waals surface area contributed by atoms with Gasteiger partial charge < -0.3 is 10.2 Å². The molecule has 8 nitrogen and oxygen atoms in total. The van der Waals surface area contributed by atoms with E-state index in [2.05, 4.69) is 27.5 Å². The first-order valence-electron chi connectivity index (χ1n) is 7.99. The van der Waals surface area contributed by atoms with E-state index in [0.29, 0.717) is 24.3 Å². The van der Waals surface area contributed by atoms with E-state index in [9.17, 15) is 9.59 Å². The number of nitrogens with zero attached hydrogens (tertiary/aromatic N) is 4. The number of aromatic nitrogens is 4. The van der Waals surface area contributed by atoms with Crippen LogP contribution in [0.5, 0.6) is 0 Å². The van der Waals surface area contributed by atoms with Crippen molar-refractivity contribution in [1.29, 1.82) is 0 Å². The summed E-state index contributed by atoms with van der Waals surface area (Å²) >= 11 is 0. The van der Waals surface area contributed by atoms with Crippen molar-refractivity contribution < 1.29 is 9.59 Å². The van der Waals surface area contributed by atoms with Crippen LogP contribution in [0.2, 0.25) is 0 Å². The molecule has 3 heterocycles. The highest BCUT2D eigenvalue weighted by Crippen LogP contribution is 2.34. The Morgan fingerprint density at radius 1 is 1.42 bits per heavy atom. The molecule has 8 heteroatoms. The molecular formula is C16H22N6O2. The Balaban J connectivity index is 1.87. The van der Waals surface area contributed by atoms with E-state index in [1.165, 1.54) is 0 Å². The molecule has 1 fully saturated rings. The summed E-state index contributed by atoms with van der Waals surface area (Å²) in [6.45, 7) is 3.29. The first kappa shape index (κ1) is 16.2. The number of carbonyl (C=O) groups excluding carboxylic acids is 2. The minimum atomic E-state index is -0.342. The van der Waals surface area contributed by atoms with Crippen LogP contribution in [0.4, 0.5) is 0 Å². The van der Waals surface area contributed by atoms with Crippen LogP contribution in [0.15, 0.2) is 18.5 Å². The van der Waals surface area contributed by atoms with Crippen molar-refractivity contribution in [3.8, 4) is 0 Å². The van der Waals surface area contributed by atoms with E-state index in [-0.39, 0.29) is 17.2 Å². The third-order valence-electron chi connectivity index (χ3n) is 4.74. The summed E-state index contributed by atoms with van der Waals surface area (Å²) in [7, 11) is 3.36. The summed E-state index contributed by atoms with van der Waals surface area (Å²) in [4.78, 5) is 26.7. The lowest BCUT2D eigenvalue weighted by Crippen LogP contribution is -2.48. The lowest BCUT2D eigenvalue weighted by Gasteiger charge is -2.40. The van der Waals surface area contributed by atoms with Gasteiger partial charge in [0.2, 0.25) is 0 Å². The minimum Gasteiger partial charge on any atom is -0.355 e. The fourth-order valence-corrected chi connectivity index (χ4v) is 3.42. The van der Waals surface area contributed by atoms with E-state index < -0.39 is 0 Å². The predicted octanol–water partition coefficient (Wildman–Crippen LogP) is 0.697. The van der Waals surface area contributed by atoms with Crippen molar-refractivity contribution in [1.82, 2.24) is 30.2 Å². The van der Waals surface area contributed by atoms with Gasteiger partial charge in [0.1, 0.15) is 5.69 Å². The van der Waals surface area contributed by atoms with E-state index in [0.717, 1.165) is 18.5 Å². The minimum absolute atomic E-state index is 0.0399. The summed E-state index contributed by atoms with van der Waals surface area (Å²) in [6, 6.07) is 1.72. The quantitative estimate of drug-likeness (QED) is 0.866. The van der Waals surface area contributed by atoms with Crippen LogP contribution in [0.1, 0.15) is 46.3 Å². The van der Waals surface area contributed by atoms with E-state index >= 15 is 0 Å². The molecule has 1 saturated heterocycles. The summed E-state index contributed by atoms with van der Waals surface area (Å²) < 4.78 is 1.58. The lowest BCUT2D eigenvalue weighted by atomic mass is 9.77. The molecule has 1 unspecified atom stereocenters. The highest BCUT2D eigenvalue weighted by molar-refractivity contribution is 5.95. The first-order chi connectivity index (χ1) is 11.5. The molecule has 2 N–H and O–H groups in total. The smallest absolute Gasteiger partial charge is 0.272 e. The molecule has 0 aromatic carbocycles. The zero-order chi connectivity index (χ0) is 17.3. The van der Waals surface area contributed by atoms with Crippen molar-refractivity contribution in [3.63, 3.8) is 0 Å². The van der Waals surface area contributed by atoms with Gasteiger partial charge in [-0.05, 0) is 18.9 Å². The summed E-state index contributed by atoms with van der Waals surface area (Å²) in [5, 5.41) is 13.7. The monoisotopic (exact) mass is 330 g/mol. The van der Waals surface area contributed by atoms with Gasteiger partial charge in [0.15, 0.2) is 0 Å². The number of amides is 2. The average molecular weight is 330 g/mol. The number of carbonyl (C=O) groups is 2. The Labute approximate surface area is 140 Å². The number of hydrogen-bond donors (Lipinski definition) is 2. The number of hydrogen-bond acceptors (Lipinski definition) is 4. The molecule has 0 bridgehead atoms. The Bertz CT molecular complexity index is 764. The number of rotatable bonds is 3. The SMILES string of the molecule is CNC(=O)c1cn[nH]c1C1(C)CCCN(C(=O)c2ccnn2C)C1. The number of H-pyrrole nitrogens is 1. The van der Waals surface area contributed by atoms with E-state index in [1.807, 2.05) is 4.90 Å². The zero-order valence-corrected chi connectivity index (χ0v) is 14.2. The molecule has 0 radical (unpaired) electrons. The summed E-state index contributed by atoms with van der Waals surface area (Å²) in [5.74, 6) is -0.211. The van der Waals surface area contributed by atoms with Gasteiger partial charge in [0, 0.05) is 38.8 Å².